The van der Waals surface area contributed by atoms with Crippen LogP contribution in [0.2, 0.25) is 0 Å². The molecule has 196 valence electrons. The van der Waals surface area contributed by atoms with E-state index in [2.05, 4.69) is 30.3 Å². The molecule has 4 nitrogen and oxygen atoms in total. The van der Waals surface area contributed by atoms with E-state index in [1.165, 1.54) is 10.3 Å². The molecule has 0 spiro atoms. The smallest absolute Gasteiger partial charge is 0.335 e. The van der Waals surface area contributed by atoms with Crippen molar-refractivity contribution in [2.24, 2.45) is 28.6 Å². The first-order valence-electron chi connectivity index (χ1n) is 13.2. The van der Waals surface area contributed by atoms with E-state index < -0.39 is 27.2 Å². The predicted octanol–water partition coefficient (Wildman–Crippen LogP) is 6.35. The minimum atomic E-state index is -5.65. The summed E-state index contributed by atoms with van der Waals surface area (Å²) in [6.45, 7) is 2.61. The van der Waals surface area contributed by atoms with Crippen molar-refractivity contribution in [3.63, 3.8) is 0 Å². The van der Waals surface area contributed by atoms with E-state index in [9.17, 15) is 21.8 Å². The molecular weight excluding hydrogens is 502 g/mol. The highest BCUT2D eigenvalue weighted by molar-refractivity contribution is 7.97. The van der Waals surface area contributed by atoms with Gasteiger partial charge in [0.1, 0.15) is 17.3 Å². The third kappa shape index (κ3) is 4.06. The second kappa shape index (κ2) is 8.57. The molecule has 0 amide bonds. The van der Waals surface area contributed by atoms with Crippen LogP contribution in [0.1, 0.15) is 58.3 Å². The van der Waals surface area contributed by atoms with Crippen LogP contribution in [0.3, 0.4) is 0 Å². The molecule has 4 bridgehead atoms. The van der Waals surface area contributed by atoms with Crippen molar-refractivity contribution in [1.29, 1.82) is 0 Å². The fraction of sp³-hybridized carbons (Fsp3) is 0.643. The van der Waals surface area contributed by atoms with Crippen LogP contribution in [0.15, 0.2) is 41.3 Å². The van der Waals surface area contributed by atoms with Crippen molar-refractivity contribution in [3.8, 4) is 5.75 Å². The van der Waals surface area contributed by atoms with Gasteiger partial charge in [-0.3, -0.25) is 0 Å². The van der Waals surface area contributed by atoms with Crippen LogP contribution in [0.4, 0.5) is 8.78 Å². The first kappa shape index (κ1) is 24.9. The first-order valence-corrected chi connectivity index (χ1v) is 16.2. The lowest BCUT2D eigenvalue weighted by Crippen LogP contribution is -2.56. The Balaban J connectivity index is 1.28. The molecule has 5 fully saturated rings. The van der Waals surface area contributed by atoms with Gasteiger partial charge in [0.05, 0.1) is 6.61 Å². The maximum atomic E-state index is 14.6. The summed E-state index contributed by atoms with van der Waals surface area (Å²) in [7, 11) is -5.57. The Hall–Kier alpha value is -1.38. The third-order valence-electron chi connectivity index (χ3n) is 9.61. The van der Waals surface area contributed by atoms with Gasteiger partial charge in [0, 0.05) is 40.4 Å². The van der Waals surface area contributed by atoms with E-state index in [0.717, 1.165) is 48.3 Å². The van der Waals surface area contributed by atoms with Crippen LogP contribution in [0.25, 0.3) is 10.8 Å². The maximum absolute atomic E-state index is 14.6. The molecule has 2 aromatic carbocycles. The largest absolute Gasteiger partial charge is 0.743 e. The minimum Gasteiger partial charge on any atom is -0.743 e. The van der Waals surface area contributed by atoms with E-state index in [4.69, 9.17) is 4.74 Å². The molecule has 36 heavy (non-hydrogen) atoms. The zero-order chi connectivity index (χ0) is 25.3. The molecule has 8 heteroatoms. The normalized spacial score (nSPS) is 36.0. The molecule has 0 aromatic heterocycles. The van der Waals surface area contributed by atoms with Gasteiger partial charge in [-0.25, -0.2) is 8.42 Å². The molecule has 0 N–H and O–H groups in total. The molecule has 0 radical (unpaired) electrons. The second-order valence-corrected chi connectivity index (χ2v) is 15.7. The average Bonchev–Trinajstić information content (AvgIpc) is 3.28. The Morgan fingerprint density at radius 3 is 2.44 bits per heavy atom. The van der Waals surface area contributed by atoms with Crippen LogP contribution >= 0.6 is 0 Å². The summed E-state index contributed by atoms with van der Waals surface area (Å²) in [5, 5.41) is -1.79. The fourth-order valence-corrected chi connectivity index (χ4v) is 12.3. The van der Waals surface area contributed by atoms with Crippen LogP contribution < -0.4 is 4.74 Å². The molecule has 5 aliphatic rings. The Morgan fingerprint density at radius 2 is 1.78 bits per heavy atom. The number of alkyl halides is 2. The van der Waals surface area contributed by atoms with Crippen LogP contribution in [0, 0.1) is 28.6 Å². The summed E-state index contributed by atoms with van der Waals surface area (Å²) in [5.74, 6) is 4.32. The molecule has 1 saturated heterocycles. The molecule has 4 aliphatic carbocycles. The lowest BCUT2D eigenvalue weighted by molar-refractivity contribution is -0.153. The van der Waals surface area contributed by atoms with Gasteiger partial charge in [0.15, 0.2) is 15.0 Å². The van der Waals surface area contributed by atoms with Gasteiger partial charge >= 0.3 is 5.25 Å². The quantitative estimate of drug-likeness (QED) is 0.306. The number of benzene rings is 2. The topological polar surface area (TPSA) is 66.4 Å². The van der Waals surface area contributed by atoms with E-state index in [1.807, 2.05) is 13.0 Å². The van der Waals surface area contributed by atoms with Gasteiger partial charge in [-0.1, -0.05) is 18.2 Å². The summed E-state index contributed by atoms with van der Waals surface area (Å²) in [6.07, 6.45) is 5.49. The molecule has 4 atom stereocenters. The van der Waals surface area contributed by atoms with E-state index in [1.54, 1.807) is 0 Å². The van der Waals surface area contributed by atoms with Gasteiger partial charge < -0.3 is 9.29 Å². The van der Waals surface area contributed by atoms with E-state index in [0.29, 0.717) is 43.6 Å². The maximum Gasteiger partial charge on any atom is 0.335 e. The van der Waals surface area contributed by atoms with Gasteiger partial charge in [0.25, 0.3) is 0 Å². The SMILES string of the molecule is CCOc1ccc([S+]2CCC(C34CC5CC(CC(CC(F)(F)S(=O)(=O)[O-])(C5)C3)C4)C2)c2ccccc12. The number of hydrogen-bond donors (Lipinski definition) is 0. The molecular formula is C28H34F2O4S2. The lowest BCUT2D eigenvalue weighted by Gasteiger charge is -2.64. The summed E-state index contributed by atoms with van der Waals surface area (Å²) in [4.78, 5) is 1.37. The van der Waals surface area contributed by atoms with Gasteiger partial charge in [-0.05, 0) is 86.3 Å². The second-order valence-electron chi connectivity index (χ2n) is 12.0. The number of halogens is 2. The van der Waals surface area contributed by atoms with Crippen molar-refractivity contribution >= 4 is 31.8 Å². The van der Waals surface area contributed by atoms with Crippen LogP contribution in [0.5, 0.6) is 5.75 Å². The standard InChI is InChI=1S/C28H34F2O4S2/c1-2-34-24-7-8-25(23-6-4-3-5-22(23)24)35-10-9-21(16-35)27-14-19-11-20(15-27)13-26(12-19,17-27)18-28(29,30)36(31,32)33/h3-8,19-21H,2,9-18H2,1H3. The highest BCUT2D eigenvalue weighted by Crippen LogP contribution is 2.70. The fourth-order valence-electron chi connectivity index (χ4n) is 8.89. The predicted molar refractivity (Wildman–Crippen MR) is 137 cm³/mol. The number of ether oxygens (including phenoxy) is 1. The van der Waals surface area contributed by atoms with Crippen LogP contribution in [-0.2, 0) is 21.0 Å². The number of hydrogen-bond acceptors (Lipinski definition) is 4. The molecule has 1 heterocycles. The Bertz CT molecular complexity index is 1260. The van der Waals surface area contributed by atoms with E-state index >= 15 is 0 Å². The Labute approximate surface area is 215 Å². The monoisotopic (exact) mass is 536 g/mol. The summed E-state index contributed by atoms with van der Waals surface area (Å²) in [5.41, 5.74) is -0.701. The third-order valence-corrected chi connectivity index (χ3v) is 13.0. The Morgan fingerprint density at radius 1 is 1.08 bits per heavy atom. The molecule has 2 aromatic rings. The number of fused-ring (bicyclic) bond motifs is 1. The highest BCUT2D eigenvalue weighted by atomic mass is 32.2. The van der Waals surface area contributed by atoms with Crippen molar-refractivity contribution in [2.75, 3.05) is 18.1 Å². The van der Waals surface area contributed by atoms with Crippen LogP contribution in [-0.4, -0.2) is 36.3 Å². The number of rotatable bonds is 7. The lowest BCUT2D eigenvalue weighted by atomic mass is 9.41. The van der Waals surface area contributed by atoms with Crippen molar-refractivity contribution < 1.29 is 26.5 Å². The zero-order valence-electron chi connectivity index (χ0n) is 20.7. The van der Waals surface area contributed by atoms with Gasteiger partial charge in [0.2, 0.25) is 0 Å². The molecule has 4 unspecified atom stereocenters. The average molecular weight is 537 g/mol. The highest BCUT2D eigenvalue weighted by Gasteiger charge is 2.64. The molecule has 4 saturated carbocycles. The first-order chi connectivity index (χ1) is 17.0. The van der Waals surface area contributed by atoms with Gasteiger partial charge in [-0.2, -0.15) is 8.78 Å². The molecule has 1 aliphatic heterocycles. The van der Waals surface area contributed by atoms with Crippen molar-refractivity contribution in [1.82, 2.24) is 0 Å². The minimum absolute atomic E-state index is 0.00955. The summed E-state index contributed by atoms with van der Waals surface area (Å²) < 4.78 is 69.1. The summed E-state index contributed by atoms with van der Waals surface area (Å²) >= 11 is 0. The Kier molecular flexibility index (Phi) is 5.93. The van der Waals surface area contributed by atoms with Gasteiger partial charge in [-0.15, -0.1) is 0 Å². The van der Waals surface area contributed by atoms with Crippen molar-refractivity contribution in [3.05, 3.63) is 36.4 Å². The molecule has 7 rings (SSSR count). The summed E-state index contributed by atoms with van der Waals surface area (Å²) in [6, 6.07) is 12.7. The van der Waals surface area contributed by atoms with E-state index in [-0.39, 0.29) is 16.3 Å². The van der Waals surface area contributed by atoms with Crippen molar-refractivity contribution in [2.45, 2.75) is 68.4 Å². The zero-order valence-corrected chi connectivity index (χ0v) is 22.3.